The predicted molar refractivity (Wildman–Crippen MR) is 114 cm³/mol. The molecular weight excluding hydrogens is 392 g/mol. The molecule has 1 N–H and O–H groups in total. The molecule has 4 rings (SSSR count). The maximum atomic E-state index is 11.6. The molecule has 0 amide bonds. The largest absolute Gasteiger partial charge is 0.489 e. The van der Waals surface area contributed by atoms with Crippen molar-refractivity contribution in [1.82, 2.24) is 9.97 Å². The van der Waals surface area contributed by atoms with Crippen LogP contribution >= 0.6 is 12.4 Å². The zero-order valence-corrected chi connectivity index (χ0v) is 16.0. The van der Waals surface area contributed by atoms with Gasteiger partial charge in [-0.05, 0) is 29.8 Å². The van der Waals surface area contributed by atoms with Gasteiger partial charge in [0.05, 0.1) is 16.5 Å². The minimum atomic E-state index is -0.443. The van der Waals surface area contributed by atoms with Gasteiger partial charge >= 0.3 is 0 Å². The molecule has 0 aliphatic heterocycles. The second-order valence-corrected chi connectivity index (χ2v) is 6.07. The van der Waals surface area contributed by atoms with Gasteiger partial charge in [-0.3, -0.25) is 10.1 Å². The number of hydrogen-bond acceptors (Lipinski definition) is 6. The Hall–Kier alpha value is -3.71. The molecule has 3 aromatic carbocycles. The van der Waals surface area contributed by atoms with Crippen LogP contribution in [0.25, 0.3) is 10.9 Å². The number of fused-ring (bicyclic) bond motifs is 1. The second-order valence-electron chi connectivity index (χ2n) is 6.07. The van der Waals surface area contributed by atoms with Gasteiger partial charge in [-0.2, -0.15) is 0 Å². The quantitative estimate of drug-likeness (QED) is 0.344. The van der Waals surface area contributed by atoms with Crippen molar-refractivity contribution in [2.45, 2.75) is 6.61 Å². The molecule has 7 nitrogen and oxygen atoms in total. The van der Waals surface area contributed by atoms with Gasteiger partial charge < -0.3 is 10.1 Å². The lowest BCUT2D eigenvalue weighted by Gasteiger charge is -2.11. The minimum Gasteiger partial charge on any atom is -0.489 e. The van der Waals surface area contributed by atoms with E-state index in [0.717, 1.165) is 16.5 Å². The molecular formula is C21H17ClN4O3. The number of halogens is 1. The number of nitro groups is 1. The van der Waals surface area contributed by atoms with E-state index >= 15 is 0 Å². The van der Waals surface area contributed by atoms with Gasteiger partial charge in [0, 0.05) is 5.39 Å². The topological polar surface area (TPSA) is 90.2 Å². The van der Waals surface area contributed by atoms with Gasteiger partial charge in [0.2, 0.25) is 0 Å². The summed E-state index contributed by atoms with van der Waals surface area (Å²) in [7, 11) is 0. The highest BCUT2D eigenvalue weighted by molar-refractivity contribution is 5.91. The van der Waals surface area contributed by atoms with Crippen molar-refractivity contribution in [2.24, 2.45) is 0 Å². The molecule has 0 unspecified atom stereocenters. The number of anilines is 2. The van der Waals surface area contributed by atoms with Gasteiger partial charge in [0.1, 0.15) is 30.2 Å². The third kappa shape index (κ3) is 4.59. The standard InChI is InChI=1S/C21H16N4O3.ClH/c26-25(27)20-12-16(28-13-15-6-2-1-3-7-15)10-11-19(20)24-21-17-8-4-5-9-18(17)22-14-23-21;/h1-12,14H,13H2,(H,22,23,24);1H. The highest BCUT2D eigenvalue weighted by Gasteiger charge is 2.17. The molecule has 146 valence electrons. The van der Waals surface area contributed by atoms with E-state index < -0.39 is 4.92 Å². The van der Waals surface area contributed by atoms with Crippen LogP contribution in [-0.2, 0) is 6.61 Å². The van der Waals surface area contributed by atoms with E-state index in [0.29, 0.717) is 23.9 Å². The zero-order valence-electron chi connectivity index (χ0n) is 15.2. The number of hydrogen-bond donors (Lipinski definition) is 1. The number of aromatic nitrogens is 2. The van der Waals surface area contributed by atoms with Crippen molar-refractivity contribution in [3.05, 3.63) is 94.8 Å². The van der Waals surface area contributed by atoms with Crippen LogP contribution in [0.4, 0.5) is 17.2 Å². The number of rotatable bonds is 6. The Morgan fingerprint density at radius 1 is 0.966 bits per heavy atom. The molecule has 29 heavy (non-hydrogen) atoms. The van der Waals surface area contributed by atoms with Crippen LogP contribution in [0.1, 0.15) is 5.56 Å². The average molecular weight is 409 g/mol. The van der Waals surface area contributed by atoms with E-state index in [1.54, 1.807) is 12.1 Å². The summed E-state index contributed by atoms with van der Waals surface area (Å²) in [4.78, 5) is 19.6. The van der Waals surface area contributed by atoms with E-state index in [1.807, 2.05) is 54.6 Å². The fourth-order valence-electron chi connectivity index (χ4n) is 2.83. The van der Waals surface area contributed by atoms with Gasteiger partial charge in [-0.25, -0.2) is 9.97 Å². The highest BCUT2D eigenvalue weighted by Crippen LogP contribution is 2.32. The third-order valence-electron chi connectivity index (χ3n) is 4.21. The van der Waals surface area contributed by atoms with Gasteiger partial charge in [-0.15, -0.1) is 12.4 Å². The smallest absolute Gasteiger partial charge is 0.296 e. The van der Waals surface area contributed by atoms with Crippen molar-refractivity contribution < 1.29 is 9.66 Å². The zero-order chi connectivity index (χ0) is 19.3. The van der Waals surface area contributed by atoms with Crippen LogP contribution in [0, 0.1) is 10.1 Å². The maximum absolute atomic E-state index is 11.6. The Kier molecular flexibility index (Phi) is 6.21. The van der Waals surface area contributed by atoms with Crippen molar-refractivity contribution in [2.75, 3.05) is 5.32 Å². The summed E-state index contributed by atoms with van der Waals surface area (Å²) in [6.07, 6.45) is 1.42. The second kappa shape index (κ2) is 8.99. The molecule has 0 aliphatic carbocycles. The Morgan fingerprint density at radius 2 is 1.72 bits per heavy atom. The summed E-state index contributed by atoms with van der Waals surface area (Å²) < 4.78 is 5.70. The van der Waals surface area contributed by atoms with E-state index in [4.69, 9.17) is 4.74 Å². The fraction of sp³-hybridized carbons (Fsp3) is 0.0476. The van der Waals surface area contributed by atoms with Gasteiger partial charge in [0.25, 0.3) is 5.69 Å². The molecule has 0 atom stereocenters. The Balaban J connectivity index is 0.00000240. The number of nitro benzene ring substituents is 1. The first-order chi connectivity index (χ1) is 13.7. The summed E-state index contributed by atoms with van der Waals surface area (Å²) in [6, 6.07) is 21.8. The predicted octanol–water partition coefficient (Wildman–Crippen LogP) is 5.28. The molecule has 4 aromatic rings. The number of ether oxygens (including phenoxy) is 1. The lowest BCUT2D eigenvalue weighted by molar-refractivity contribution is -0.384. The normalized spacial score (nSPS) is 10.2. The fourth-order valence-corrected chi connectivity index (χ4v) is 2.83. The molecule has 8 heteroatoms. The van der Waals surface area contributed by atoms with Crippen molar-refractivity contribution in [3.8, 4) is 5.75 Å². The first-order valence-electron chi connectivity index (χ1n) is 8.62. The lowest BCUT2D eigenvalue weighted by atomic mass is 10.2. The van der Waals surface area contributed by atoms with Gasteiger partial charge in [0.15, 0.2) is 0 Å². The Morgan fingerprint density at radius 3 is 2.52 bits per heavy atom. The number of para-hydroxylation sites is 1. The molecule has 1 aromatic heterocycles. The van der Waals surface area contributed by atoms with Crippen LogP contribution < -0.4 is 10.1 Å². The maximum Gasteiger partial charge on any atom is 0.296 e. The molecule has 0 radical (unpaired) electrons. The first kappa shape index (κ1) is 20.0. The molecule has 0 aliphatic rings. The first-order valence-corrected chi connectivity index (χ1v) is 8.62. The molecule has 0 saturated carbocycles. The Bertz CT molecular complexity index is 1130. The van der Waals surface area contributed by atoms with Crippen LogP contribution in [0.3, 0.4) is 0 Å². The van der Waals surface area contributed by atoms with Crippen LogP contribution in [0.5, 0.6) is 5.75 Å². The van der Waals surface area contributed by atoms with Crippen molar-refractivity contribution >= 4 is 40.5 Å². The third-order valence-corrected chi connectivity index (χ3v) is 4.21. The SMILES string of the molecule is Cl.O=[N+]([O-])c1cc(OCc2ccccc2)ccc1Nc1ncnc2ccccc12. The summed E-state index contributed by atoms with van der Waals surface area (Å²) in [5, 5.41) is 15.4. The lowest BCUT2D eigenvalue weighted by Crippen LogP contribution is -2.01. The number of nitrogens with zero attached hydrogens (tertiary/aromatic N) is 3. The van der Waals surface area contributed by atoms with Gasteiger partial charge in [-0.1, -0.05) is 42.5 Å². The summed E-state index contributed by atoms with van der Waals surface area (Å²) >= 11 is 0. The van der Waals surface area contributed by atoms with E-state index in [-0.39, 0.29) is 18.1 Å². The van der Waals surface area contributed by atoms with Crippen molar-refractivity contribution in [1.29, 1.82) is 0 Å². The molecule has 0 fully saturated rings. The van der Waals surface area contributed by atoms with E-state index in [1.165, 1.54) is 12.4 Å². The minimum absolute atomic E-state index is 0. The number of nitrogens with one attached hydrogen (secondary N) is 1. The van der Waals surface area contributed by atoms with E-state index in [9.17, 15) is 10.1 Å². The molecule has 0 bridgehead atoms. The molecule has 0 saturated heterocycles. The van der Waals surface area contributed by atoms with Crippen LogP contribution in [0.15, 0.2) is 79.1 Å². The van der Waals surface area contributed by atoms with Crippen LogP contribution in [-0.4, -0.2) is 14.9 Å². The van der Waals surface area contributed by atoms with E-state index in [2.05, 4.69) is 15.3 Å². The number of benzene rings is 3. The summed E-state index contributed by atoms with van der Waals surface area (Å²) in [5.74, 6) is 0.931. The summed E-state index contributed by atoms with van der Waals surface area (Å²) in [5.41, 5.74) is 1.99. The summed E-state index contributed by atoms with van der Waals surface area (Å²) in [6.45, 7) is 0.335. The molecule has 0 spiro atoms. The highest BCUT2D eigenvalue weighted by atomic mass is 35.5. The Labute approximate surface area is 173 Å². The van der Waals surface area contributed by atoms with Crippen LogP contribution in [0.2, 0.25) is 0 Å². The molecule has 1 heterocycles. The monoisotopic (exact) mass is 408 g/mol. The average Bonchev–Trinajstić information content (AvgIpc) is 2.74. The van der Waals surface area contributed by atoms with Crippen molar-refractivity contribution in [3.63, 3.8) is 0 Å².